The molecule has 1 aliphatic rings. The maximum absolute atomic E-state index is 10.8. The summed E-state index contributed by atoms with van der Waals surface area (Å²) in [7, 11) is 0. The van der Waals surface area contributed by atoms with Crippen LogP contribution in [0, 0.1) is 0 Å². The van der Waals surface area contributed by atoms with Crippen molar-refractivity contribution in [2.24, 2.45) is 0 Å². The van der Waals surface area contributed by atoms with Gasteiger partial charge in [0.1, 0.15) is 0 Å². The Bertz CT molecular complexity index is 196. The molecular formula is C9H14O4. The summed E-state index contributed by atoms with van der Waals surface area (Å²) >= 11 is 0. The number of epoxide rings is 1. The summed E-state index contributed by atoms with van der Waals surface area (Å²) in [5.74, 6) is -0.511. The molecule has 1 atom stereocenters. The second-order valence-corrected chi connectivity index (χ2v) is 3.07. The third-order valence-electron chi connectivity index (χ3n) is 1.64. The van der Waals surface area contributed by atoms with E-state index >= 15 is 0 Å². The first-order valence-corrected chi connectivity index (χ1v) is 4.31. The molecule has 0 amide bonds. The lowest BCUT2D eigenvalue weighted by Gasteiger charge is -2.01. The van der Waals surface area contributed by atoms with E-state index in [4.69, 9.17) is 4.74 Å². The van der Waals surface area contributed by atoms with Crippen molar-refractivity contribution in [3.05, 3.63) is 12.2 Å². The number of hydrogen-bond donors (Lipinski definition) is 0. The average Bonchev–Trinajstić information content (AvgIpc) is 2.87. The molecule has 0 aliphatic carbocycles. The minimum atomic E-state index is -0.511. The van der Waals surface area contributed by atoms with Gasteiger partial charge in [-0.3, -0.25) is 4.89 Å². The van der Waals surface area contributed by atoms with Crippen molar-refractivity contribution in [3.63, 3.8) is 0 Å². The van der Waals surface area contributed by atoms with Gasteiger partial charge in [0.2, 0.25) is 0 Å². The molecule has 0 spiro atoms. The normalized spacial score (nSPS) is 19.6. The lowest BCUT2D eigenvalue weighted by molar-refractivity contribution is -0.268. The number of hydrogen-bond acceptors (Lipinski definition) is 4. The van der Waals surface area contributed by atoms with E-state index in [1.807, 2.05) is 0 Å². The van der Waals surface area contributed by atoms with Gasteiger partial charge in [-0.05, 0) is 19.8 Å². The molecule has 13 heavy (non-hydrogen) atoms. The molecule has 1 fully saturated rings. The Labute approximate surface area is 77.4 Å². The van der Waals surface area contributed by atoms with Crippen LogP contribution < -0.4 is 0 Å². The fourth-order valence-corrected chi connectivity index (χ4v) is 0.771. The van der Waals surface area contributed by atoms with Crippen LogP contribution in [0.4, 0.5) is 0 Å². The standard InChI is InChI=1S/C9H14O4/c1-7(2)9(10)13-12-5-3-4-8-6-11-8/h8H,1,3-6H2,2H3. The molecule has 1 unspecified atom stereocenters. The highest BCUT2D eigenvalue weighted by molar-refractivity contribution is 5.86. The van der Waals surface area contributed by atoms with Crippen molar-refractivity contribution in [2.75, 3.05) is 13.2 Å². The molecule has 4 heteroatoms. The first-order chi connectivity index (χ1) is 6.20. The third kappa shape index (κ3) is 4.65. The molecule has 0 N–H and O–H groups in total. The van der Waals surface area contributed by atoms with Crippen LogP contribution in [0.2, 0.25) is 0 Å². The zero-order valence-electron chi connectivity index (χ0n) is 7.75. The van der Waals surface area contributed by atoms with E-state index in [9.17, 15) is 4.79 Å². The van der Waals surface area contributed by atoms with Gasteiger partial charge < -0.3 is 4.74 Å². The molecule has 1 heterocycles. The molecule has 0 saturated carbocycles. The zero-order valence-corrected chi connectivity index (χ0v) is 7.75. The minimum absolute atomic E-state index is 0.338. The fourth-order valence-electron chi connectivity index (χ4n) is 0.771. The molecule has 74 valence electrons. The number of rotatable bonds is 6. The molecule has 4 nitrogen and oxygen atoms in total. The first kappa shape index (κ1) is 10.2. The minimum Gasteiger partial charge on any atom is -0.373 e. The molecule has 0 bridgehead atoms. The maximum atomic E-state index is 10.8. The van der Waals surface area contributed by atoms with Gasteiger partial charge in [-0.2, -0.15) is 4.89 Å². The zero-order chi connectivity index (χ0) is 9.68. The summed E-state index contributed by atoms with van der Waals surface area (Å²) in [5, 5.41) is 0. The van der Waals surface area contributed by atoms with Crippen LogP contribution in [-0.4, -0.2) is 25.3 Å². The van der Waals surface area contributed by atoms with Gasteiger partial charge in [-0.15, -0.1) is 0 Å². The Balaban J connectivity index is 1.87. The maximum Gasteiger partial charge on any atom is 0.368 e. The van der Waals surface area contributed by atoms with E-state index in [2.05, 4.69) is 16.4 Å². The second-order valence-electron chi connectivity index (χ2n) is 3.07. The molecule has 0 radical (unpaired) electrons. The molecule has 1 aliphatic heterocycles. The smallest absolute Gasteiger partial charge is 0.368 e. The van der Waals surface area contributed by atoms with Gasteiger partial charge >= 0.3 is 5.97 Å². The van der Waals surface area contributed by atoms with E-state index in [0.29, 0.717) is 18.3 Å². The molecule has 1 saturated heterocycles. The topological polar surface area (TPSA) is 48.1 Å². The number of carbonyl (C=O) groups excluding carboxylic acids is 1. The van der Waals surface area contributed by atoms with Crippen molar-refractivity contribution >= 4 is 5.97 Å². The van der Waals surface area contributed by atoms with Crippen LogP contribution in [0.1, 0.15) is 19.8 Å². The van der Waals surface area contributed by atoms with E-state index in [-0.39, 0.29) is 0 Å². The predicted molar refractivity (Wildman–Crippen MR) is 45.8 cm³/mol. The Morgan fingerprint density at radius 2 is 2.38 bits per heavy atom. The van der Waals surface area contributed by atoms with Crippen molar-refractivity contribution < 1.29 is 19.3 Å². The van der Waals surface area contributed by atoms with Crippen LogP contribution in [0.15, 0.2) is 12.2 Å². The summed E-state index contributed by atoms with van der Waals surface area (Å²) in [5.41, 5.74) is 0.338. The SMILES string of the molecule is C=C(C)C(=O)OOCCCC1CO1. The lowest BCUT2D eigenvalue weighted by Crippen LogP contribution is -2.07. The summed E-state index contributed by atoms with van der Waals surface area (Å²) in [6, 6.07) is 0. The highest BCUT2D eigenvalue weighted by Crippen LogP contribution is 2.14. The largest absolute Gasteiger partial charge is 0.373 e. The first-order valence-electron chi connectivity index (χ1n) is 4.31. The number of ether oxygens (including phenoxy) is 1. The van der Waals surface area contributed by atoms with E-state index in [1.165, 1.54) is 0 Å². The highest BCUT2D eigenvalue weighted by Gasteiger charge is 2.21. The van der Waals surface area contributed by atoms with Crippen LogP contribution in [0.5, 0.6) is 0 Å². The van der Waals surface area contributed by atoms with Gasteiger partial charge in [-0.1, -0.05) is 6.58 Å². The van der Waals surface area contributed by atoms with Gasteiger partial charge in [-0.25, -0.2) is 4.79 Å². The van der Waals surface area contributed by atoms with Crippen molar-refractivity contribution in [2.45, 2.75) is 25.9 Å². The van der Waals surface area contributed by atoms with Crippen LogP contribution in [0.3, 0.4) is 0 Å². The van der Waals surface area contributed by atoms with Gasteiger partial charge in [0.05, 0.1) is 19.3 Å². The Hall–Kier alpha value is -0.870. The molecule has 0 aromatic heterocycles. The van der Waals surface area contributed by atoms with E-state index in [0.717, 1.165) is 19.4 Å². The van der Waals surface area contributed by atoms with Crippen molar-refractivity contribution in [1.29, 1.82) is 0 Å². The summed E-state index contributed by atoms with van der Waals surface area (Å²) in [6.07, 6.45) is 2.21. The van der Waals surface area contributed by atoms with Gasteiger partial charge in [0.25, 0.3) is 0 Å². The second kappa shape index (κ2) is 4.99. The summed E-state index contributed by atoms with van der Waals surface area (Å²) in [4.78, 5) is 19.9. The monoisotopic (exact) mass is 186 g/mol. The fraction of sp³-hybridized carbons (Fsp3) is 0.667. The Kier molecular flexibility index (Phi) is 3.92. The molecule has 0 aromatic carbocycles. The van der Waals surface area contributed by atoms with E-state index in [1.54, 1.807) is 6.92 Å². The van der Waals surface area contributed by atoms with Crippen LogP contribution >= 0.6 is 0 Å². The Morgan fingerprint density at radius 1 is 1.69 bits per heavy atom. The summed E-state index contributed by atoms with van der Waals surface area (Å²) < 4.78 is 5.00. The van der Waals surface area contributed by atoms with Crippen LogP contribution in [-0.2, 0) is 19.3 Å². The number of carbonyl (C=O) groups is 1. The van der Waals surface area contributed by atoms with E-state index < -0.39 is 5.97 Å². The third-order valence-corrected chi connectivity index (χ3v) is 1.64. The average molecular weight is 186 g/mol. The van der Waals surface area contributed by atoms with Crippen LogP contribution in [0.25, 0.3) is 0 Å². The molecule has 0 aromatic rings. The predicted octanol–water partition coefficient (Wildman–Crippen LogP) is 1.22. The Morgan fingerprint density at radius 3 is 2.92 bits per heavy atom. The van der Waals surface area contributed by atoms with Crippen molar-refractivity contribution in [1.82, 2.24) is 0 Å². The highest BCUT2D eigenvalue weighted by atomic mass is 17.2. The van der Waals surface area contributed by atoms with Gasteiger partial charge in [0.15, 0.2) is 0 Å². The van der Waals surface area contributed by atoms with Crippen molar-refractivity contribution in [3.8, 4) is 0 Å². The van der Waals surface area contributed by atoms with Gasteiger partial charge in [0, 0.05) is 5.57 Å². The summed E-state index contributed by atoms with van der Waals surface area (Å²) in [6.45, 7) is 6.26. The molecular weight excluding hydrogens is 172 g/mol. The molecule has 1 rings (SSSR count). The quantitative estimate of drug-likeness (QED) is 0.206. The lowest BCUT2D eigenvalue weighted by atomic mass is 10.3.